The molecule has 1 aromatic carbocycles. The third kappa shape index (κ3) is 2.47. The molecule has 0 amide bonds. The second kappa shape index (κ2) is 4.47. The summed E-state index contributed by atoms with van der Waals surface area (Å²) in [7, 11) is 0. The van der Waals surface area contributed by atoms with Crippen LogP contribution in [0.1, 0.15) is 10.4 Å². The van der Waals surface area contributed by atoms with Crippen molar-refractivity contribution >= 4 is 17.3 Å². The first-order valence-corrected chi connectivity index (χ1v) is 4.32. The van der Waals surface area contributed by atoms with Crippen LogP contribution < -0.4 is 16.6 Å². The predicted octanol–water partition coefficient (Wildman–Crippen LogP) is 0.833. The van der Waals surface area contributed by atoms with E-state index in [0.29, 0.717) is 17.9 Å². The smallest absolute Gasteiger partial charge is 0.335 e. The number of nitrogens with two attached hydrogens (primary N) is 2. The predicted molar refractivity (Wildman–Crippen MR) is 59.5 cm³/mol. The largest absolute Gasteiger partial charge is 0.478 e. The van der Waals surface area contributed by atoms with Gasteiger partial charge in [0.1, 0.15) is 0 Å². The Morgan fingerprint density at radius 2 is 2.27 bits per heavy atom. The fourth-order valence-corrected chi connectivity index (χ4v) is 1.19. The average molecular weight is 207 g/mol. The molecule has 0 heterocycles. The second-order valence-electron chi connectivity index (χ2n) is 3.02. The Bertz CT molecular complexity index is 390. The summed E-state index contributed by atoms with van der Waals surface area (Å²) in [6.45, 7) is 3.99. The maximum Gasteiger partial charge on any atom is 0.335 e. The molecule has 0 saturated carbocycles. The first-order chi connectivity index (χ1) is 7.06. The molecule has 80 valence electrons. The van der Waals surface area contributed by atoms with Gasteiger partial charge in [0.25, 0.3) is 0 Å². The van der Waals surface area contributed by atoms with Crippen molar-refractivity contribution in [1.82, 2.24) is 0 Å². The highest BCUT2D eigenvalue weighted by Gasteiger charge is 2.08. The van der Waals surface area contributed by atoms with E-state index in [1.807, 2.05) is 0 Å². The zero-order chi connectivity index (χ0) is 11.4. The van der Waals surface area contributed by atoms with Crippen LogP contribution in [0, 0.1) is 0 Å². The molecule has 0 aromatic heterocycles. The number of hydrogen-bond donors (Lipinski definition) is 3. The number of anilines is 2. The van der Waals surface area contributed by atoms with Crippen LogP contribution in [0.3, 0.4) is 0 Å². The van der Waals surface area contributed by atoms with Gasteiger partial charge in [-0.05, 0) is 18.2 Å². The highest BCUT2D eigenvalue weighted by atomic mass is 16.4. The van der Waals surface area contributed by atoms with Crippen molar-refractivity contribution in [3.05, 3.63) is 36.4 Å². The number of hydrogen-bond acceptors (Lipinski definition) is 4. The molecule has 0 bridgehead atoms. The van der Waals surface area contributed by atoms with Gasteiger partial charge in [-0.25, -0.2) is 10.6 Å². The van der Waals surface area contributed by atoms with Gasteiger partial charge >= 0.3 is 5.97 Å². The zero-order valence-electron chi connectivity index (χ0n) is 8.18. The molecule has 0 aliphatic rings. The maximum absolute atomic E-state index is 10.6. The number of aromatic carboxylic acids is 1. The van der Waals surface area contributed by atoms with E-state index in [4.69, 9.17) is 16.7 Å². The number of carbonyl (C=O) groups is 1. The van der Waals surface area contributed by atoms with Crippen molar-refractivity contribution in [1.29, 1.82) is 0 Å². The number of nitrogens with zero attached hydrogens (tertiary/aromatic N) is 1. The summed E-state index contributed by atoms with van der Waals surface area (Å²) in [4.78, 5) is 10.6. The van der Waals surface area contributed by atoms with Crippen molar-refractivity contribution in [3.63, 3.8) is 0 Å². The van der Waals surface area contributed by atoms with E-state index in [0.717, 1.165) is 0 Å². The molecule has 15 heavy (non-hydrogen) atoms. The molecule has 0 saturated heterocycles. The van der Waals surface area contributed by atoms with E-state index >= 15 is 0 Å². The van der Waals surface area contributed by atoms with Gasteiger partial charge < -0.3 is 15.8 Å². The molecule has 0 radical (unpaired) electrons. The Morgan fingerprint density at radius 1 is 1.60 bits per heavy atom. The summed E-state index contributed by atoms with van der Waals surface area (Å²) >= 11 is 0. The lowest BCUT2D eigenvalue weighted by Crippen LogP contribution is -2.31. The van der Waals surface area contributed by atoms with Gasteiger partial charge in [0.15, 0.2) is 0 Å². The van der Waals surface area contributed by atoms with Crippen LogP contribution >= 0.6 is 0 Å². The number of nitrogen functional groups attached to an aromatic ring is 1. The molecule has 0 spiro atoms. The van der Waals surface area contributed by atoms with Gasteiger partial charge in [-0.3, -0.25) is 0 Å². The fraction of sp³-hybridized carbons (Fsp3) is 0.100. The minimum atomic E-state index is -1.01. The molecule has 0 unspecified atom stereocenters. The Kier molecular flexibility index (Phi) is 3.30. The van der Waals surface area contributed by atoms with E-state index < -0.39 is 5.97 Å². The monoisotopic (exact) mass is 207 g/mol. The molecule has 1 aromatic rings. The minimum absolute atomic E-state index is 0.142. The molecule has 0 aliphatic carbocycles. The van der Waals surface area contributed by atoms with E-state index in [1.54, 1.807) is 12.1 Å². The van der Waals surface area contributed by atoms with Crippen molar-refractivity contribution in [3.8, 4) is 0 Å². The topological polar surface area (TPSA) is 92.6 Å². The van der Waals surface area contributed by atoms with Crippen LogP contribution in [-0.2, 0) is 0 Å². The molecule has 0 aliphatic heterocycles. The van der Waals surface area contributed by atoms with Crippen LogP contribution in [0.15, 0.2) is 30.9 Å². The van der Waals surface area contributed by atoms with Gasteiger partial charge in [-0.15, -0.1) is 6.58 Å². The number of benzene rings is 1. The minimum Gasteiger partial charge on any atom is -0.478 e. The summed E-state index contributed by atoms with van der Waals surface area (Å²) in [6.07, 6.45) is 1.63. The third-order valence-electron chi connectivity index (χ3n) is 1.91. The quantitative estimate of drug-likeness (QED) is 0.294. The highest BCUT2D eigenvalue weighted by Crippen LogP contribution is 2.22. The normalized spacial score (nSPS) is 9.67. The molecule has 5 N–H and O–H groups in total. The number of carboxylic acid groups (broad SMARTS) is 1. The lowest BCUT2D eigenvalue weighted by atomic mass is 10.1. The summed E-state index contributed by atoms with van der Waals surface area (Å²) in [5, 5.41) is 10.1. The summed E-state index contributed by atoms with van der Waals surface area (Å²) in [5.41, 5.74) is 6.73. The van der Waals surface area contributed by atoms with Crippen molar-refractivity contribution in [2.45, 2.75) is 0 Å². The first-order valence-electron chi connectivity index (χ1n) is 4.32. The highest BCUT2D eigenvalue weighted by molar-refractivity contribution is 5.90. The Morgan fingerprint density at radius 3 is 2.73 bits per heavy atom. The Labute approximate surface area is 87.6 Å². The van der Waals surface area contributed by atoms with Crippen molar-refractivity contribution < 1.29 is 9.90 Å². The van der Waals surface area contributed by atoms with Gasteiger partial charge in [0.05, 0.1) is 23.5 Å². The zero-order valence-corrected chi connectivity index (χ0v) is 8.18. The Balaban J connectivity index is 3.02. The number of rotatable bonds is 4. The van der Waals surface area contributed by atoms with Crippen molar-refractivity contribution in [2.75, 3.05) is 17.3 Å². The van der Waals surface area contributed by atoms with E-state index in [1.165, 1.54) is 17.1 Å². The average Bonchev–Trinajstić information content (AvgIpc) is 2.17. The van der Waals surface area contributed by atoms with Gasteiger partial charge in [-0.1, -0.05) is 6.08 Å². The molecular formula is C10H13N3O2. The van der Waals surface area contributed by atoms with Crippen LogP contribution in [0.2, 0.25) is 0 Å². The summed E-state index contributed by atoms with van der Waals surface area (Å²) < 4.78 is 0. The lowest BCUT2D eigenvalue weighted by molar-refractivity contribution is 0.0697. The van der Waals surface area contributed by atoms with E-state index in [2.05, 4.69) is 6.58 Å². The molecule has 0 atom stereocenters. The third-order valence-corrected chi connectivity index (χ3v) is 1.91. The number of carboxylic acids is 1. The standard InChI is InChI=1S/C10H13N3O2/c1-2-5-13(12)9-4-3-7(10(14)15)6-8(9)11/h2-4,6H,1,5,11-12H2,(H,14,15). The fourth-order valence-electron chi connectivity index (χ4n) is 1.19. The van der Waals surface area contributed by atoms with Gasteiger partial charge in [-0.2, -0.15) is 0 Å². The summed E-state index contributed by atoms with van der Waals surface area (Å²) in [6, 6.07) is 4.40. The van der Waals surface area contributed by atoms with E-state index in [9.17, 15) is 4.79 Å². The molecule has 5 heteroatoms. The maximum atomic E-state index is 10.6. The van der Waals surface area contributed by atoms with E-state index in [-0.39, 0.29) is 5.56 Å². The van der Waals surface area contributed by atoms with Crippen LogP contribution in [0.5, 0.6) is 0 Å². The number of hydrazine groups is 1. The first kappa shape index (κ1) is 11.1. The molecular weight excluding hydrogens is 194 g/mol. The van der Waals surface area contributed by atoms with Gasteiger partial charge in [0.2, 0.25) is 0 Å². The van der Waals surface area contributed by atoms with Crippen LogP contribution in [0.25, 0.3) is 0 Å². The van der Waals surface area contributed by atoms with Gasteiger partial charge in [0, 0.05) is 0 Å². The summed E-state index contributed by atoms with van der Waals surface area (Å²) in [5.74, 6) is 4.65. The molecule has 5 nitrogen and oxygen atoms in total. The van der Waals surface area contributed by atoms with Crippen LogP contribution in [0.4, 0.5) is 11.4 Å². The van der Waals surface area contributed by atoms with Crippen molar-refractivity contribution in [2.24, 2.45) is 5.84 Å². The Hall–Kier alpha value is -2.01. The molecule has 1 rings (SSSR count). The lowest BCUT2D eigenvalue weighted by Gasteiger charge is -2.18. The molecule has 0 fully saturated rings. The SMILES string of the molecule is C=CCN(N)c1ccc(C(=O)O)cc1N. The second-order valence-corrected chi connectivity index (χ2v) is 3.02. The van der Waals surface area contributed by atoms with Crippen LogP contribution in [-0.4, -0.2) is 17.6 Å².